The molecule has 0 atom stereocenters. The van der Waals surface area contributed by atoms with E-state index in [2.05, 4.69) is 21.2 Å². The molecule has 0 aliphatic rings. The molecule has 19 heavy (non-hydrogen) atoms. The minimum Gasteiger partial charge on any atom is -0.352 e. The Morgan fingerprint density at radius 3 is 2.74 bits per heavy atom. The minimum atomic E-state index is -0.172. The highest BCUT2D eigenvalue weighted by Crippen LogP contribution is 2.26. The Kier molecular flexibility index (Phi) is 5.28. The number of rotatable bonds is 4. The first kappa shape index (κ1) is 14.9. The van der Waals surface area contributed by atoms with E-state index >= 15 is 0 Å². The SMILES string of the molecule is O=C(NCCc1ccc(Cl)s1)c1cccc(Br)c1Cl. The fourth-order valence-electron chi connectivity index (χ4n) is 1.56. The summed E-state index contributed by atoms with van der Waals surface area (Å²) in [4.78, 5) is 13.1. The Labute approximate surface area is 133 Å². The third kappa shape index (κ3) is 3.96. The first-order valence-electron chi connectivity index (χ1n) is 5.54. The van der Waals surface area contributed by atoms with Crippen LogP contribution in [0.15, 0.2) is 34.8 Å². The lowest BCUT2D eigenvalue weighted by molar-refractivity contribution is 0.0954. The molecule has 0 radical (unpaired) electrons. The third-order valence-electron chi connectivity index (χ3n) is 2.48. The van der Waals surface area contributed by atoms with E-state index in [4.69, 9.17) is 23.2 Å². The number of hydrogen-bond acceptors (Lipinski definition) is 2. The van der Waals surface area contributed by atoms with Crippen molar-refractivity contribution in [3.05, 3.63) is 54.6 Å². The van der Waals surface area contributed by atoms with Gasteiger partial charge in [-0.2, -0.15) is 0 Å². The van der Waals surface area contributed by atoms with E-state index in [9.17, 15) is 4.79 Å². The van der Waals surface area contributed by atoms with Gasteiger partial charge in [0.1, 0.15) is 0 Å². The highest BCUT2D eigenvalue weighted by atomic mass is 79.9. The molecular formula is C13H10BrCl2NOS. The molecule has 1 aromatic heterocycles. The summed E-state index contributed by atoms with van der Waals surface area (Å²) < 4.78 is 1.48. The number of carbonyl (C=O) groups is 1. The lowest BCUT2D eigenvalue weighted by atomic mass is 10.2. The summed E-state index contributed by atoms with van der Waals surface area (Å²) in [5.41, 5.74) is 0.472. The first-order valence-corrected chi connectivity index (χ1v) is 7.91. The van der Waals surface area contributed by atoms with Crippen molar-refractivity contribution in [1.29, 1.82) is 0 Å². The lowest BCUT2D eigenvalue weighted by Gasteiger charge is -2.07. The molecule has 0 spiro atoms. The number of thiophene rings is 1. The molecule has 2 aromatic rings. The van der Waals surface area contributed by atoms with Crippen molar-refractivity contribution in [3.63, 3.8) is 0 Å². The van der Waals surface area contributed by atoms with Crippen LogP contribution >= 0.6 is 50.5 Å². The topological polar surface area (TPSA) is 29.1 Å². The van der Waals surface area contributed by atoms with Crippen LogP contribution in [0.25, 0.3) is 0 Å². The van der Waals surface area contributed by atoms with Gasteiger partial charge in [0, 0.05) is 15.9 Å². The minimum absolute atomic E-state index is 0.172. The predicted molar refractivity (Wildman–Crippen MR) is 84.5 cm³/mol. The van der Waals surface area contributed by atoms with E-state index in [-0.39, 0.29) is 5.91 Å². The van der Waals surface area contributed by atoms with Crippen LogP contribution in [0.5, 0.6) is 0 Å². The average Bonchev–Trinajstić information content (AvgIpc) is 2.78. The largest absolute Gasteiger partial charge is 0.352 e. The van der Waals surface area contributed by atoms with Crippen molar-refractivity contribution in [2.75, 3.05) is 6.54 Å². The van der Waals surface area contributed by atoms with Crippen LogP contribution in [0.3, 0.4) is 0 Å². The predicted octanol–water partition coefficient (Wildman–Crippen LogP) is 4.79. The number of nitrogens with one attached hydrogen (secondary N) is 1. The molecule has 1 amide bonds. The summed E-state index contributed by atoms with van der Waals surface area (Å²) in [7, 11) is 0. The van der Waals surface area contributed by atoms with Crippen LogP contribution in [-0.2, 0) is 6.42 Å². The van der Waals surface area contributed by atoms with Crippen LogP contribution in [-0.4, -0.2) is 12.5 Å². The fraction of sp³-hybridized carbons (Fsp3) is 0.154. The van der Waals surface area contributed by atoms with Crippen molar-refractivity contribution in [3.8, 4) is 0 Å². The molecule has 1 aromatic carbocycles. The van der Waals surface area contributed by atoms with E-state index in [0.717, 1.165) is 15.6 Å². The Hall–Kier alpha value is -0.550. The van der Waals surface area contributed by atoms with Gasteiger partial charge in [-0.15, -0.1) is 11.3 Å². The van der Waals surface area contributed by atoms with Crippen molar-refractivity contribution in [1.82, 2.24) is 5.32 Å². The van der Waals surface area contributed by atoms with Crippen LogP contribution in [0.1, 0.15) is 15.2 Å². The molecule has 0 fully saturated rings. The van der Waals surface area contributed by atoms with Crippen LogP contribution in [0.2, 0.25) is 9.36 Å². The molecule has 0 aliphatic carbocycles. The number of halogens is 3. The normalized spacial score (nSPS) is 10.5. The molecule has 6 heteroatoms. The standard InChI is InChI=1S/C13H10BrCl2NOS/c14-10-3-1-2-9(12(10)16)13(18)17-7-6-8-4-5-11(15)19-8/h1-5H,6-7H2,(H,17,18). The highest BCUT2D eigenvalue weighted by molar-refractivity contribution is 9.10. The second-order valence-electron chi connectivity index (χ2n) is 3.81. The lowest BCUT2D eigenvalue weighted by Crippen LogP contribution is -2.25. The van der Waals surface area contributed by atoms with Crippen molar-refractivity contribution in [2.45, 2.75) is 6.42 Å². The van der Waals surface area contributed by atoms with Gasteiger partial charge in [-0.25, -0.2) is 0 Å². The fourth-order valence-corrected chi connectivity index (χ4v) is 3.22. The maximum Gasteiger partial charge on any atom is 0.252 e. The van der Waals surface area contributed by atoms with E-state index in [1.807, 2.05) is 12.1 Å². The quantitative estimate of drug-likeness (QED) is 0.814. The van der Waals surface area contributed by atoms with Gasteiger partial charge in [0.15, 0.2) is 0 Å². The van der Waals surface area contributed by atoms with Gasteiger partial charge in [-0.05, 0) is 46.6 Å². The first-order chi connectivity index (χ1) is 9.08. The Bertz CT molecular complexity index is 600. The zero-order valence-electron chi connectivity index (χ0n) is 9.75. The molecule has 100 valence electrons. The van der Waals surface area contributed by atoms with E-state index in [0.29, 0.717) is 21.6 Å². The van der Waals surface area contributed by atoms with Gasteiger partial charge < -0.3 is 5.32 Å². The summed E-state index contributed by atoms with van der Waals surface area (Å²) >= 11 is 16.7. The van der Waals surface area contributed by atoms with Crippen LogP contribution in [0, 0.1) is 0 Å². The van der Waals surface area contributed by atoms with Gasteiger partial charge in [-0.3, -0.25) is 4.79 Å². The number of carbonyl (C=O) groups excluding carboxylic acids is 1. The van der Waals surface area contributed by atoms with Gasteiger partial charge in [0.05, 0.1) is 14.9 Å². The van der Waals surface area contributed by atoms with Crippen LogP contribution < -0.4 is 5.32 Å². The number of amides is 1. The Morgan fingerprint density at radius 2 is 2.05 bits per heavy atom. The monoisotopic (exact) mass is 377 g/mol. The molecule has 0 saturated heterocycles. The summed E-state index contributed by atoms with van der Waals surface area (Å²) in [6, 6.07) is 9.10. The van der Waals surface area contributed by atoms with Crippen molar-refractivity contribution >= 4 is 56.4 Å². The maximum absolute atomic E-state index is 12.0. The van der Waals surface area contributed by atoms with E-state index in [1.165, 1.54) is 11.3 Å². The number of hydrogen-bond donors (Lipinski definition) is 1. The van der Waals surface area contributed by atoms with Crippen molar-refractivity contribution < 1.29 is 4.79 Å². The van der Waals surface area contributed by atoms with Gasteiger partial charge in [0.2, 0.25) is 0 Å². The molecule has 0 aliphatic heterocycles. The highest BCUT2D eigenvalue weighted by Gasteiger charge is 2.11. The number of benzene rings is 1. The van der Waals surface area contributed by atoms with Gasteiger partial charge >= 0.3 is 0 Å². The second-order valence-corrected chi connectivity index (χ2v) is 6.85. The summed E-state index contributed by atoms with van der Waals surface area (Å²) in [5.74, 6) is -0.172. The third-order valence-corrected chi connectivity index (χ3v) is 5.07. The maximum atomic E-state index is 12.0. The zero-order valence-corrected chi connectivity index (χ0v) is 13.7. The van der Waals surface area contributed by atoms with Gasteiger partial charge in [-0.1, -0.05) is 29.3 Å². The Balaban J connectivity index is 1.93. The molecule has 0 saturated carbocycles. The molecular weight excluding hydrogens is 369 g/mol. The summed E-state index contributed by atoms with van der Waals surface area (Å²) in [6.45, 7) is 0.554. The molecule has 1 N–H and O–H groups in total. The molecule has 2 rings (SSSR count). The summed E-state index contributed by atoms with van der Waals surface area (Å²) in [6.07, 6.45) is 0.759. The van der Waals surface area contributed by atoms with Crippen molar-refractivity contribution in [2.24, 2.45) is 0 Å². The second kappa shape index (κ2) is 6.75. The van der Waals surface area contributed by atoms with Gasteiger partial charge in [0.25, 0.3) is 5.91 Å². The molecule has 2 nitrogen and oxygen atoms in total. The Morgan fingerprint density at radius 1 is 1.26 bits per heavy atom. The zero-order chi connectivity index (χ0) is 13.8. The molecule has 0 bridgehead atoms. The smallest absolute Gasteiger partial charge is 0.252 e. The average molecular weight is 379 g/mol. The van der Waals surface area contributed by atoms with E-state index in [1.54, 1.807) is 18.2 Å². The molecule has 1 heterocycles. The molecule has 0 unspecified atom stereocenters. The summed E-state index contributed by atoms with van der Waals surface area (Å²) in [5, 5.41) is 3.27. The van der Waals surface area contributed by atoms with Crippen LogP contribution in [0.4, 0.5) is 0 Å². The van der Waals surface area contributed by atoms with E-state index < -0.39 is 0 Å².